The zero-order valence-corrected chi connectivity index (χ0v) is 4.46. The summed E-state index contributed by atoms with van der Waals surface area (Å²) in [5, 5.41) is 0. The molecule has 0 atom stereocenters. The van der Waals surface area contributed by atoms with Gasteiger partial charge >= 0.3 is 5.91 Å². The first kappa shape index (κ1) is 4.55. The standard InChI is InChI=1S/C5H3NO3/c7-5-4-3(1-6-5)8-2-9-4/h1H,2H2. The van der Waals surface area contributed by atoms with Gasteiger partial charge in [-0.15, -0.1) is 0 Å². The quantitative estimate of drug-likeness (QED) is 0.451. The molecule has 2 rings (SSSR count). The molecule has 0 aromatic rings. The Morgan fingerprint density at radius 1 is 1.56 bits per heavy atom. The largest absolute Gasteiger partial charge is 0.452 e. The van der Waals surface area contributed by atoms with Gasteiger partial charge in [-0.1, -0.05) is 0 Å². The molecule has 1 amide bonds. The average Bonchev–Trinajstić information content (AvgIpc) is 2.35. The van der Waals surface area contributed by atoms with Gasteiger partial charge in [0.25, 0.3) is 0 Å². The number of amides is 1. The number of carbonyl (C=O) groups is 1. The molecule has 46 valence electrons. The number of rotatable bonds is 0. The second-order valence-corrected chi connectivity index (χ2v) is 1.66. The highest BCUT2D eigenvalue weighted by molar-refractivity contribution is 6.08. The summed E-state index contributed by atoms with van der Waals surface area (Å²) in [5.74, 6) is 0.359. The predicted octanol–water partition coefficient (Wildman–Crippen LogP) is -0.187. The molecule has 2 aliphatic heterocycles. The van der Waals surface area contributed by atoms with Crippen LogP contribution < -0.4 is 0 Å². The summed E-state index contributed by atoms with van der Waals surface area (Å²) in [6, 6.07) is 0. The molecule has 0 N–H and O–H groups in total. The minimum atomic E-state index is -0.345. The van der Waals surface area contributed by atoms with Crippen LogP contribution in [0.15, 0.2) is 16.5 Å². The Hall–Kier alpha value is -1.32. The smallest absolute Gasteiger partial charge is 0.316 e. The van der Waals surface area contributed by atoms with Crippen LogP contribution in [0.3, 0.4) is 0 Å². The van der Waals surface area contributed by atoms with Crippen molar-refractivity contribution < 1.29 is 14.3 Å². The summed E-state index contributed by atoms with van der Waals surface area (Å²) < 4.78 is 9.61. The van der Waals surface area contributed by atoms with E-state index in [0.29, 0.717) is 5.76 Å². The van der Waals surface area contributed by atoms with E-state index >= 15 is 0 Å². The van der Waals surface area contributed by atoms with Crippen LogP contribution in [-0.2, 0) is 14.3 Å². The van der Waals surface area contributed by atoms with E-state index in [1.807, 2.05) is 0 Å². The molecule has 4 heteroatoms. The Balaban J connectivity index is 2.44. The number of hydrogen-bond donors (Lipinski definition) is 0. The molecule has 2 aliphatic rings. The highest BCUT2D eigenvalue weighted by Crippen LogP contribution is 2.19. The van der Waals surface area contributed by atoms with Crippen LogP contribution in [0.2, 0.25) is 0 Å². The van der Waals surface area contributed by atoms with Crippen molar-refractivity contribution in [3.05, 3.63) is 11.5 Å². The average molecular weight is 125 g/mol. The molecule has 0 aromatic heterocycles. The number of aliphatic imine (C=N–C) groups is 1. The molecule has 0 spiro atoms. The maximum atomic E-state index is 10.6. The Kier molecular flexibility index (Phi) is 0.677. The van der Waals surface area contributed by atoms with Gasteiger partial charge in [0.2, 0.25) is 12.6 Å². The van der Waals surface area contributed by atoms with Crippen molar-refractivity contribution in [3.8, 4) is 0 Å². The number of carbonyl (C=O) groups excluding carboxylic acids is 1. The van der Waals surface area contributed by atoms with Gasteiger partial charge < -0.3 is 9.47 Å². The molecule has 9 heavy (non-hydrogen) atoms. The minimum Gasteiger partial charge on any atom is -0.452 e. The zero-order chi connectivity index (χ0) is 6.27. The second-order valence-electron chi connectivity index (χ2n) is 1.66. The third-order valence-corrected chi connectivity index (χ3v) is 1.13. The Labute approximate surface area is 50.8 Å². The molecule has 0 unspecified atom stereocenters. The zero-order valence-electron chi connectivity index (χ0n) is 4.46. The van der Waals surface area contributed by atoms with Crippen LogP contribution in [0.5, 0.6) is 0 Å². The maximum Gasteiger partial charge on any atom is 0.316 e. The van der Waals surface area contributed by atoms with E-state index in [9.17, 15) is 4.79 Å². The topological polar surface area (TPSA) is 47.9 Å². The summed E-state index contributed by atoms with van der Waals surface area (Å²) in [7, 11) is 0. The number of hydrogen-bond acceptors (Lipinski definition) is 3. The molecule has 0 aromatic carbocycles. The van der Waals surface area contributed by atoms with Crippen LogP contribution in [0.25, 0.3) is 0 Å². The van der Waals surface area contributed by atoms with Gasteiger partial charge in [0.05, 0.1) is 6.21 Å². The van der Waals surface area contributed by atoms with Crippen LogP contribution >= 0.6 is 0 Å². The third-order valence-electron chi connectivity index (χ3n) is 1.13. The van der Waals surface area contributed by atoms with E-state index < -0.39 is 0 Å². The Morgan fingerprint density at radius 2 is 2.44 bits per heavy atom. The third kappa shape index (κ3) is 0.468. The van der Waals surface area contributed by atoms with Crippen molar-refractivity contribution in [2.45, 2.75) is 0 Å². The van der Waals surface area contributed by atoms with Gasteiger partial charge in [0.15, 0.2) is 5.76 Å². The monoisotopic (exact) mass is 125 g/mol. The van der Waals surface area contributed by atoms with E-state index in [2.05, 4.69) is 4.99 Å². The first-order chi connectivity index (χ1) is 4.38. The van der Waals surface area contributed by atoms with Crippen LogP contribution in [-0.4, -0.2) is 18.9 Å². The van der Waals surface area contributed by atoms with Gasteiger partial charge in [0, 0.05) is 0 Å². The van der Waals surface area contributed by atoms with Crippen molar-refractivity contribution in [1.82, 2.24) is 0 Å². The number of nitrogens with zero attached hydrogens (tertiary/aromatic N) is 1. The molecule has 4 nitrogen and oxygen atoms in total. The molecular formula is C5H3NO3. The Bertz CT molecular complexity index is 222. The molecule has 0 radical (unpaired) electrons. The molecule has 0 aliphatic carbocycles. The molecule has 0 bridgehead atoms. The summed E-state index contributed by atoms with van der Waals surface area (Å²) in [4.78, 5) is 14.0. The van der Waals surface area contributed by atoms with Gasteiger partial charge in [0.1, 0.15) is 0 Å². The first-order valence-corrected chi connectivity index (χ1v) is 2.46. The van der Waals surface area contributed by atoms with Crippen molar-refractivity contribution in [3.63, 3.8) is 0 Å². The normalized spacial score (nSPS) is 22.0. The van der Waals surface area contributed by atoms with Crippen LogP contribution in [0.4, 0.5) is 0 Å². The highest BCUT2D eigenvalue weighted by atomic mass is 16.7. The van der Waals surface area contributed by atoms with Crippen molar-refractivity contribution >= 4 is 12.1 Å². The van der Waals surface area contributed by atoms with E-state index in [1.54, 1.807) is 0 Å². The number of allylic oxidation sites excluding steroid dienone is 1. The fourth-order valence-corrected chi connectivity index (χ4v) is 0.727. The SMILES string of the molecule is O=C1N=CC2=C1OCO2. The minimum absolute atomic E-state index is 0.141. The summed E-state index contributed by atoms with van der Waals surface area (Å²) in [5.41, 5.74) is 0. The van der Waals surface area contributed by atoms with Crippen molar-refractivity contribution in [1.29, 1.82) is 0 Å². The first-order valence-electron chi connectivity index (χ1n) is 2.46. The Morgan fingerprint density at radius 3 is 3.22 bits per heavy atom. The van der Waals surface area contributed by atoms with Gasteiger partial charge in [-0.2, -0.15) is 0 Å². The fraction of sp³-hybridized carbons (Fsp3) is 0.200. The maximum absolute atomic E-state index is 10.6. The van der Waals surface area contributed by atoms with E-state index in [0.717, 1.165) is 0 Å². The highest BCUT2D eigenvalue weighted by Gasteiger charge is 2.27. The van der Waals surface area contributed by atoms with Gasteiger partial charge in [-0.25, -0.2) is 4.99 Å². The molecule has 0 saturated carbocycles. The second kappa shape index (κ2) is 1.34. The number of ether oxygens (including phenoxy) is 2. The van der Waals surface area contributed by atoms with Crippen LogP contribution in [0, 0.1) is 0 Å². The van der Waals surface area contributed by atoms with Crippen LogP contribution in [0.1, 0.15) is 0 Å². The lowest BCUT2D eigenvalue weighted by Gasteiger charge is -1.91. The van der Waals surface area contributed by atoms with E-state index in [1.165, 1.54) is 6.21 Å². The lowest BCUT2D eigenvalue weighted by molar-refractivity contribution is -0.117. The fourth-order valence-electron chi connectivity index (χ4n) is 0.727. The predicted molar refractivity (Wildman–Crippen MR) is 27.6 cm³/mol. The lowest BCUT2D eigenvalue weighted by Crippen LogP contribution is -1.95. The van der Waals surface area contributed by atoms with Gasteiger partial charge in [-0.3, -0.25) is 4.79 Å². The van der Waals surface area contributed by atoms with E-state index in [-0.39, 0.29) is 18.5 Å². The summed E-state index contributed by atoms with van der Waals surface area (Å²) >= 11 is 0. The lowest BCUT2D eigenvalue weighted by atomic mass is 10.5. The van der Waals surface area contributed by atoms with E-state index in [4.69, 9.17) is 9.47 Å². The summed E-state index contributed by atoms with van der Waals surface area (Å²) in [6.45, 7) is 0.141. The van der Waals surface area contributed by atoms with Gasteiger partial charge in [-0.05, 0) is 0 Å². The molecule has 2 heterocycles. The molecule has 0 fully saturated rings. The summed E-state index contributed by atoms with van der Waals surface area (Å²) in [6.07, 6.45) is 1.37. The molecular weight excluding hydrogens is 122 g/mol. The van der Waals surface area contributed by atoms with Crippen molar-refractivity contribution in [2.24, 2.45) is 4.99 Å². The molecule has 0 saturated heterocycles. The van der Waals surface area contributed by atoms with Crippen molar-refractivity contribution in [2.75, 3.05) is 6.79 Å².